The van der Waals surface area contributed by atoms with Crippen molar-refractivity contribution in [2.24, 2.45) is 0 Å². The molecule has 0 unspecified atom stereocenters. The summed E-state index contributed by atoms with van der Waals surface area (Å²) in [5.74, 6) is 2.38. The summed E-state index contributed by atoms with van der Waals surface area (Å²) in [5, 5.41) is 0. The van der Waals surface area contributed by atoms with Gasteiger partial charge in [0.2, 0.25) is 0 Å². The fraction of sp³-hybridized carbons (Fsp3) is 0.273. The maximum atomic E-state index is 11.8. The SMILES string of the molecule is C#CCN(CC)C(=O)c1cccnc1. The topological polar surface area (TPSA) is 33.2 Å². The minimum Gasteiger partial charge on any atom is -0.328 e. The van der Waals surface area contributed by atoms with Crippen molar-refractivity contribution in [1.29, 1.82) is 0 Å². The number of hydrogen-bond donors (Lipinski definition) is 0. The zero-order valence-electron chi connectivity index (χ0n) is 8.10. The zero-order chi connectivity index (χ0) is 10.4. The Morgan fingerprint density at radius 2 is 2.50 bits per heavy atom. The van der Waals surface area contributed by atoms with Crippen LogP contribution in [-0.2, 0) is 0 Å². The summed E-state index contributed by atoms with van der Waals surface area (Å²) in [6, 6.07) is 3.46. The Kier molecular flexibility index (Phi) is 3.69. The van der Waals surface area contributed by atoms with Crippen molar-refractivity contribution < 1.29 is 4.79 Å². The van der Waals surface area contributed by atoms with Gasteiger partial charge in [-0.3, -0.25) is 9.78 Å². The van der Waals surface area contributed by atoms with Crippen molar-refractivity contribution in [3.63, 3.8) is 0 Å². The summed E-state index contributed by atoms with van der Waals surface area (Å²) in [7, 11) is 0. The third kappa shape index (κ3) is 2.33. The predicted octanol–water partition coefficient (Wildman–Crippen LogP) is 1.18. The molecule has 1 heterocycles. The van der Waals surface area contributed by atoms with E-state index in [9.17, 15) is 4.79 Å². The second-order valence-corrected chi connectivity index (χ2v) is 2.77. The number of terminal acetylenes is 1. The van der Waals surface area contributed by atoms with Gasteiger partial charge in [0.1, 0.15) is 0 Å². The van der Waals surface area contributed by atoms with E-state index in [0.29, 0.717) is 18.7 Å². The first-order valence-corrected chi connectivity index (χ1v) is 4.42. The van der Waals surface area contributed by atoms with Crippen molar-refractivity contribution in [2.45, 2.75) is 6.92 Å². The summed E-state index contributed by atoms with van der Waals surface area (Å²) in [4.78, 5) is 17.2. The van der Waals surface area contributed by atoms with Gasteiger partial charge in [0, 0.05) is 18.9 Å². The van der Waals surface area contributed by atoms with Crippen LogP contribution >= 0.6 is 0 Å². The average Bonchev–Trinajstić information content (AvgIpc) is 2.26. The summed E-state index contributed by atoms with van der Waals surface area (Å²) >= 11 is 0. The largest absolute Gasteiger partial charge is 0.328 e. The minimum absolute atomic E-state index is 0.0708. The number of rotatable bonds is 3. The van der Waals surface area contributed by atoms with Gasteiger partial charge in [0.15, 0.2) is 0 Å². The summed E-state index contributed by atoms with van der Waals surface area (Å²) < 4.78 is 0. The summed E-state index contributed by atoms with van der Waals surface area (Å²) in [6.07, 6.45) is 8.34. The number of pyridine rings is 1. The van der Waals surface area contributed by atoms with E-state index in [-0.39, 0.29) is 5.91 Å². The number of hydrogen-bond acceptors (Lipinski definition) is 2. The smallest absolute Gasteiger partial charge is 0.256 e. The van der Waals surface area contributed by atoms with Gasteiger partial charge < -0.3 is 4.90 Å². The first-order valence-electron chi connectivity index (χ1n) is 4.42. The Labute approximate surface area is 83.8 Å². The Morgan fingerprint density at radius 3 is 3.00 bits per heavy atom. The quantitative estimate of drug-likeness (QED) is 0.667. The molecule has 0 radical (unpaired) electrons. The van der Waals surface area contributed by atoms with Crippen molar-refractivity contribution in [2.75, 3.05) is 13.1 Å². The standard InChI is InChI=1S/C11H12N2O/c1-3-8-13(4-2)11(14)10-6-5-7-12-9-10/h1,5-7,9H,4,8H2,2H3. The van der Waals surface area contributed by atoms with E-state index in [2.05, 4.69) is 10.9 Å². The lowest BCUT2D eigenvalue weighted by molar-refractivity contribution is 0.0784. The highest BCUT2D eigenvalue weighted by Crippen LogP contribution is 2.01. The average molecular weight is 188 g/mol. The molecular formula is C11H12N2O. The van der Waals surface area contributed by atoms with Crippen LogP contribution in [0, 0.1) is 12.3 Å². The molecule has 0 N–H and O–H groups in total. The van der Waals surface area contributed by atoms with Crippen LogP contribution in [0.5, 0.6) is 0 Å². The molecule has 1 aromatic heterocycles. The van der Waals surface area contributed by atoms with Gasteiger partial charge in [-0.2, -0.15) is 0 Å². The van der Waals surface area contributed by atoms with E-state index >= 15 is 0 Å². The van der Waals surface area contributed by atoms with Crippen LogP contribution in [0.15, 0.2) is 24.5 Å². The number of carbonyl (C=O) groups is 1. The maximum Gasteiger partial charge on any atom is 0.256 e. The molecule has 0 saturated heterocycles. The molecule has 0 aliphatic heterocycles. The number of carbonyl (C=O) groups excluding carboxylic acids is 1. The molecule has 0 bridgehead atoms. The second kappa shape index (κ2) is 5.03. The first kappa shape index (κ1) is 10.3. The molecule has 3 heteroatoms. The molecule has 0 aromatic carbocycles. The first-order chi connectivity index (χ1) is 6.79. The second-order valence-electron chi connectivity index (χ2n) is 2.77. The third-order valence-corrected chi connectivity index (χ3v) is 1.86. The summed E-state index contributed by atoms with van der Waals surface area (Å²) in [5.41, 5.74) is 0.574. The van der Waals surface area contributed by atoms with E-state index in [0.717, 1.165) is 0 Å². The lowest BCUT2D eigenvalue weighted by atomic mass is 10.2. The van der Waals surface area contributed by atoms with E-state index in [1.54, 1.807) is 29.4 Å². The Morgan fingerprint density at radius 1 is 1.71 bits per heavy atom. The Balaban J connectivity index is 2.79. The monoisotopic (exact) mass is 188 g/mol. The lowest BCUT2D eigenvalue weighted by Gasteiger charge is -2.17. The van der Waals surface area contributed by atoms with Crippen LogP contribution < -0.4 is 0 Å². The van der Waals surface area contributed by atoms with E-state index in [1.165, 1.54) is 0 Å². The van der Waals surface area contributed by atoms with Crippen LogP contribution in [0.25, 0.3) is 0 Å². The van der Waals surface area contributed by atoms with Crippen LogP contribution in [0.4, 0.5) is 0 Å². The van der Waals surface area contributed by atoms with Gasteiger partial charge in [0.05, 0.1) is 12.1 Å². The van der Waals surface area contributed by atoms with Crippen LogP contribution in [0.3, 0.4) is 0 Å². The number of nitrogens with zero attached hydrogens (tertiary/aromatic N) is 2. The Bertz CT molecular complexity index is 340. The van der Waals surface area contributed by atoms with Gasteiger partial charge in [-0.1, -0.05) is 5.92 Å². The van der Waals surface area contributed by atoms with Gasteiger partial charge in [-0.05, 0) is 19.1 Å². The molecule has 0 atom stereocenters. The molecule has 72 valence electrons. The van der Waals surface area contributed by atoms with Gasteiger partial charge >= 0.3 is 0 Å². The number of amides is 1. The van der Waals surface area contributed by atoms with Crippen molar-refractivity contribution in [3.8, 4) is 12.3 Å². The highest BCUT2D eigenvalue weighted by molar-refractivity contribution is 5.94. The molecule has 1 rings (SSSR count). The Hall–Kier alpha value is -1.82. The molecule has 1 aromatic rings. The van der Waals surface area contributed by atoms with Crippen molar-refractivity contribution >= 4 is 5.91 Å². The van der Waals surface area contributed by atoms with Crippen LogP contribution in [-0.4, -0.2) is 28.9 Å². The molecule has 3 nitrogen and oxygen atoms in total. The fourth-order valence-electron chi connectivity index (χ4n) is 1.11. The van der Waals surface area contributed by atoms with Gasteiger partial charge in [-0.15, -0.1) is 6.42 Å². The fourth-order valence-corrected chi connectivity index (χ4v) is 1.11. The normalized spacial score (nSPS) is 9.14. The highest BCUT2D eigenvalue weighted by atomic mass is 16.2. The van der Waals surface area contributed by atoms with Crippen LogP contribution in [0.1, 0.15) is 17.3 Å². The minimum atomic E-state index is -0.0708. The maximum absolute atomic E-state index is 11.8. The molecule has 0 aliphatic rings. The molecule has 0 aliphatic carbocycles. The molecular weight excluding hydrogens is 176 g/mol. The molecule has 0 spiro atoms. The van der Waals surface area contributed by atoms with E-state index in [4.69, 9.17) is 6.42 Å². The van der Waals surface area contributed by atoms with Crippen molar-refractivity contribution in [3.05, 3.63) is 30.1 Å². The van der Waals surface area contributed by atoms with Gasteiger partial charge in [0.25, 0.3) is 5.91 Å². The van der Waals surface area contributed by atoms with Crippen molar-refractivity contribution in [1.82, 2.24) is 9.88 Å². The summed E-state index contributed by atoms with van der Waals surface area (Å²) in [6.45, 7) is 2.84. The van der Waals surface area contributed by atoms with E-state index in [1.807, 2.05) is 6.92 Å². The highest BCUT2D eigenvalue weighted by Gasteiger charge is 2.12. The molecule has 0 fully saturated rings. The molecule has 0 saturated carbocycles. The zero-order valence-corrected chi connectivity index (χ0v) is 8.10. The predicted molar refractivity (Wildman–Crippen MR) is 54.6 cm³/mol. The van der Waals surface area contributed by atoms with E-state index < -0.39 is 0 Å². The van der Waals surface area contributed by atoms with Gasteiger partial charge in [-0.25, -0.2) is 0 Å². The molecule has 1 amide bonds. The lowest BCUT2D eigenvalue weighted by Crippen LogP contribution is -2.31. The number of aromatic nitrogens is 1. The third-order valence-electron chi connectivity index (χ3n) is 1.86. The molecule has 14 heavy (non-hydrogen) atoms. The van der Waals surface area contributed by atoms with Crippen LogP contribution in [0.2, 0.25) is 0 Å².